The molecule has 0 aliphatic heterocycles. The van der Waals surface area contributed by atoms with Gasteiger partial charge in [-0.3, -0.25) is 9.48 Å². The van der Waals surface area contributed by atoms with Crippen molar-refractivity contribution < 1.29 is 9.84 Å². The summed E-state index contributed by atoms with van der Waals surface area (Å²) in [6.07, 6.45) is 0.338. The molecule has 1 aromatic carbocycles. The van der Waals surface area contributed by atoms with E-state index in [1.165, 1.54) is 18.3 Å². The largest absolute Gasteiger partial charge is 0.567 e. The molecule has 0 fully saturated rings. The van der Waals surface area contributed by atoms with Crippen LogP contribution in [0.15, 0.2) is 23.2 Å². The van der Waals surface area contributed by atoms with Crippen LogP contribution in [0.3, 0.4) is 0 Å². The Bertz CT molecular complexity index is 425. The first-order valence-corrected chi connectivity index (χ1v) is 5.65. The van der Waals surface area contributed by atoms with Crippen molar-refractivity contribution in [2.45, 2.75) is 13.3 Å². The summed E-state index contributed by atoms with van der Waals surface area (Å²) >= 11 is 0. The van der Waals surface area contributed by atoms with Gasteiger partial charge >= 0.3 is 0 Å². The number of nitrogens with zero attached hydrogens (tertiary/aromatic N) is 2. The van der Waals surface area contributed by atoms with Crippen LogP contribution in [0.1, 0.15) is 12.5 Å². The van der Waals surface area contributed by atoms with Crippen molar-refractivity contribution in [2.75, 3.05) is 28.2 Å². The van der Waals surface area contributed by atoms with Crippen molar-refractivity contribution in [2.24, 2.45) is 4.99 Å². The van der Waals surface area contributed by atoms with Gasteiger partial charge in [-0.05, 0) is 18.6 Å². The first-order valence-electron chi connectivity index (χ1n) is 5.65. The van der Waals surface area contributed by atoms with Crippen LogP contribution in [-0.2, 0) is 6.42 Å². The van der Waals surface area contributed by atoms with Gasteiger partial charge in [0.1, 0.15) is 11.8 Å². The van der Waals surface area contributed by atoms with Gasteiger partial charge in [0, 0.05) is 24.4 Å². The third-order valence-electron chi connectivity index (χ3n) is 2.54. The molecular weight excluding hydrogens is 343 g/mol. The lowest BCUT2D eigenvalue weighted by atomic mass is 10.1. The second-order valence-corrected chi connectivity index (χ2v) is 4.75. The third kappa shape index (κ3) is 4.45. The van der Waals surface area contributed by atoms with Crippen LogP contribution in [0.25, 0.3) is 0 Å². The number of rotatable bonds is 3. The predicted molar refractivity (Wildman–Crippen MR) is 84.8 cm³/mol. The van der Waals surface area contributed by atoms with Crippen molar-refractivity contribution in [1.82, 2.24) is 4.48 Å². The van der Waals surface area contributed by atoms with Gasteiger partial charge < -0.3 is 9.84 Å². The Morgan fingerprint density at radius 2 is 1.94 bits per heavy atom. The zero-order chi connectivity index (χ0) is 13.1. The molecule has 5 heteroatoms. The van der Waals surface area contributed by atoms with Crippen molar-refractivity contribution in [3.8, 4) is 5.75 Å². The fourth-order valence-corrected chi connectivity index (χ4v) is 1.71. The lowest BCUT2D eigenvalue weighted by Gasteiger charge is -2.27. The highest BCUT2D eigenvalue weighted by Gasteiger charge is 2.16. The molecule has 0 spiro atoms. The smallest absolute Gasteiger partial charge is 0.149 e. The van der Waals surface area contributed by atoms with E-state index >= 15 is 0 Å². The third-order valence-corrected chi connectivity index (χ3v) is 2.54. The Kier molecular flexibility index (Phi) is 6.62. The quantitative estimate of drug-likeness (QED) is 0.355. The van der Waals surface area contributed by atoms with Crippen LogP contribution in [0.4, 0.5) is 5.69 Å². The van der Waals surface area contributed by atoms with Crippen molar-refractivity contribution >= 4 is 35.7 Å². The molecule has 0 aromatic heterocycles. The van der Waals surface area contributed by atoms with Gasteiger partial charge in [-0.25, -0.2) is 0 Å². The van der Waals surface area contributed by atoms with Crippen LogP contribution >= 0.6 is 24.0 Å². The Morgan fingerprint density at radius 1 is 1.33 bits per heavy atom. The van der Waals surface area contributed by atoms with E-state index in [4.69, 9.17) is 4.74 Å². The molecule has 0 radical (unpaired) electrons. The van der Waals surface area contributed by atoms with Crippen molar-refractivity contribution in [3.63, 3.8) is 0 Å². The summed E-state index contributed by atoms with van der Waals surface area (Å²) < 4.78 is 5.81. The fraction of sp³-hybridized carbons (Fsp3) is 0.462. The van der Waals surface area contributed by atoms with Crippen molar-refractivity contribution in [1.29, 1.82) is 0 Å². The number of aliphatic imine (C=N–C) groups is 1. The number of quaternary nitrogens is 1. The maximum absolute atomic E-state index is 11.1. The van der Waals surface area contributed by atoms with Gasteiger partial charge in [0.05, 0.1) is 21.1 Å². The van der Waals surface area contributed by atoms with E-state index in [9.17, 15) is 5.11 Å². The number of ether oxygens (including phenoxy) is 1. The number of hydrogen-bond donors (Lipinski definition) is 0. The molecular formula is C13H21IN2O2. The summed E-state index contributed by atoms with van der Waals surface area (Å²) in [6.45, 7) is 2.09. The molecule has 0 saturated carbocycles. The van der Waals surface area contributed by atoms with E-state index in [0.717, 1.165) is 10.9 Å². The first kappa shape index (κ1) is 17.2. The average molecular weight is 364 g/mol. The van der Waals surface area contributed by atoms with Gasteiger partial charge in [-0.2, -0.15) is 0 Å². The van der Waals surface area contributed by atoms with E-state index in [0.29, 0.717) is 5.75 Å². The highest BCUT2D eigenvalue weighted by Crippen LogP contribution is 2.27. The molecule has 18 heavy (non-hydrogen) atoms. The Labute approximate surface area is 126 Å². The summed E-state index contributed by atoms with van der Waals surface area (Å²) in [7, 11) is 7.76. The van der Waals surface area contributed by atoms with Gasteiger partial charge in [-0.15, -0.1) is 24.0 Å². The molecule has 0 unspecified atom stereocenters. The molecule has 0 N–H and O–H groups in total. The number of benzene rings is 1. The monoisotopic (exact) mass is 364 g/mol. The maximum atomic E-state index is 11.1. The molecule has 0 aliphatic rings. The number of aryl methyl sites for hydroxylation is 1. The van der Waals surface area contributed by atoms with Crippen LogP contribution in [0, 0.1) is 0 Å². The molecule has 0 heterocycles. The van der Waals surface area contributed by atoms with E-state index in [1.807, 2.05) is 12.1 Å². The molecule has 0 amide bonds. The zero-order valence-electron chi connectivity index (χ0n) is 11.6. The average Bonchev–Trinajstić information content (AvgIpc) is 2.27. The van der Waals surface area contributed by atoms with Crippen molar-refractivity contribution in [3.05, 3.63) is 23.8 Å². The topological polar surface area (TPSA) is 44.6 Å². The van der Waals surface area contributed by atoms with Crippen LogP contribution in [0.2, 0.25) is 0 Å². The summed E-state index contributed by atoms with van der Waals surface area (Å²) in [6, 6.07) is 5.71. The Morgan fingerprint density at radius 3 is 2.39 bits per heavy atom. The van der Waals surface area contributed by atoms with E-state index in [1.54, 1.807) is 6.07 Å². The summed E-state index contributed by atoms with van der Waals surface area (Å²) in [5, 5.41) is 11.1. The van der Waals surface area contributed by atoms with E-state index < -0.39 is 6.08 Å². The van der Waals surface area contributed by atoms with Gasteiger partial charge in [0.15, 0.2) is 0 Å². The SMILES string of the molecule is CCc1cc(OC([O-])=NC)ccc1[N+](C)(C)C.I. The standard InChI is InChI=1S/C13H20N2O2.HI/c1-6-10-9-11(17-13(16)14-2)7-8-12(10)15(3,4)5;/h7-9H,6H2,1-5H3;1H. The van der Waals surface area contributed by atoms with Crippen LogP contribution < -0.4 is 14.3 Å². The maximum Gasteiger partial charge on any atom is 0.149 e. The Hall–Kier alpha value is -0.820. The highest BCUT2D eigenvalue weighted by molar-refractivity contribution is 14.0. The zero-order valence-corrected chi connectivity index (χ0v) is 13.9. The van der Waals surface area contributed by atoms with Crippen LogP contribution in [-0.4, -0.2) is 34.3 Å². The van der Waals surface area contributed by atoms with Gasteiger partial charge in [-0.1, -0.05) is 6.92 Å². The van der Waals surface area contributed by atoms with E-state index in [-0.39, 0.29) is 24.0 Å². The molecule has 0 aliphatic carbocycles. The molecule has 1 aromatic rings. The minimum atomic E-state index is -0.565. The van der Waals surface area contributed by atoms with Gasteiger partial charge in [0.2, 0.25) is 0 Å². The second-order valence-electron chi connectivity index (χ2n) is 4.75. The molecule has 4 nitrogen and oxygen atoms in total. The number of hydrogen-bond acceptors (Lipinski definition) is 3. The normalized spacial score (nSPS) is 11.9. The lowest BCUT2D eigenvalue weighted by Crippen LogP contribution is -2.35. The molecule has 1 rings (SSSR count). The van der Waals surface area contributed by atoms with Crippen LogP contribution in [0.5, 0.6) is 5.75 Å². The predicted octanol–water partition coefficient (Wildman–Crippen LogP) is 1.79. The first-order chi connectivity index (χ1) is 7.88. The number of halogens is 1. The summed E-state index contributed by atoms with van der Waals surface area (Å²) in [4.78, 5) is 3.45. The molecule has 0 bridgehead atoms. The highest BCUT2D eigenvalue weighted by atomic mass is 127. The molecule has 0 saturated heterocycles. The second kappa shape index (κ2) is 6.94. The molecule has 0 atom stereocenters. The fourth-order valence-electron chi connectivity index (χ4n) is 1.71. The lowest BCUT2D eigenvalue weighted by molar-refractivity contribution is -0.240. The van der Waals surface area contributed by atoms with Gasteiger partial charge in [0.25, 0.3) is 0 Å². The molecule has 102 valence electrons. The summed E-state index contributed by atoms with van der Waals surface area (Å²) in [5.74, 6) is 0.551. The minimum Gasteiger partial charge on any atom is -0.567 e. The van der Waals surface area contributed by atoms with E-state index in [2.05, 4.69) is 33.1 Å². The minimum absolute atomic E-state index is 0. The Balaban J connectivity index is 0.00000289. The summed E-state index contributed by atoms with van der Waals surface area (Å²) in [5.41, 5.74) is 2.40.